The maximum absolute atomic E-state index is 9.37. The molecule has 0 saturated carbocycles. The summed E-state index contributed by atoms with van der Waals surface area (Å²) < 4.78 is 0. The van der Waals surface area contributed by atoms with E-state index >= 15 is 0 Å². The minimum atomic E-state index is -0.0655. The van der Waals surface area contributed by atoms with Crippen molar-refractivity contribution in [3.8, 4) is 11.5 Å². The predicted octanol–water partition coefficient (Wildman–Crippen LogP) is 1.28. The molecule has 1 fully saturated rings. The van der Waals surface area contributed by atoms with Crippen LogP contribution in [-0.4, -0.2) is 41.3 Å². The average Bonchev–Trinajstić information content (AvgIpc) is 2.70. The lowest BCUT2D eigenvalue weighted by molar-refractivity contribution is 0.300. The summed E-state index contributed by atoms with van der Waals surface area (Å²) in [5.41, 5.74) is 0.987. The molecule has 1 aliphatic rings. The van der Waals surface area contributed by atoms with Crippen molar-refractivity contribution in [1.29, 1.82) is 0 Å². The van der Waals surface area contributed by atoms with Crippen LogP contribution in [0.25, 0.3) is 0 Å². The minimum Gasteiger partial charge on any atom is -0.504 e. The van der Waals surface area contributed by atoms with E-state index in [1.165, 1.54) is 25.5 Å². The van der Waals surface area contributed by atoms with Crippen molar-refractivity contribution in [3.63, 3.8) is 0 Å². The Kier molecular flexibility index (Phi) is 3.86. The summed E-state index contributed by atoms with van der Waals surface area (Å²) in [4.78, 5) is 2.38. The quantitative estimate of drug-likeness (QED) is 0.689. The summed E-state index contributed by atoms with van der Waals surface area (Å²) in [6, 6.07) is 5.57. The van der Waals surface area contributed by atoms with Crippen molar-refractivity contribution < 1.29 is 10.2 Å². The van der Waals surface area contributed by atoms with Crippen molar-refractivity contribution >= 4 is 0 Å². The summed E-state index contributed by atoms with van der Waals surface area (Å²) in [5.74, 6) is -0.119. The third-order valence-electron chi connectivity index (χ3n) is 3.42. The molecule has 0 radical (unpaired) electrons. The first-order valence-electron chi connectivity index (χ1n) is 6.08. The van der Waals surface area contributed by atoms with Crippen molar-refractivity contribution in [3.05, 3.63) is 23.8 Å². The van der Waals surface area contributed by atoms with Gasteiger partial charge in [-0.25, -0.2) is 0 Å². The number of nitrogens with zero attached hydrogens (tertiary/aromatic N) is 1. The molecule has 4 nitrogen and oxygen atoms in total. The molecule has 1 heterocycles. The largest absolute Gasteiger partial charge is 0.504 e. The number of rotatable bonds is 4. The molecule has 0 bridgehead atoms. The third kappa shape index (κ3) is 3.11. The van der Waals surface area contributed by atoms with Gasteiger partial charge in [-0.05, 0) is 44.1 Å². The Morgan fingerprint density at radius 1 is 1.35 bits per heavy atom. The van der Waals surface area contributed by atoms with Gasteiger partial charge in [0.05, 0.1) is 0 Å². The lowest BCUT2D eigenvalue weighted by atomic mass is 10.2. The van der Waals surface area contributed by atoms with Crippen LogP contribution in [0, 0.1) is 0 Å². The number of likely N-dealkylation sites (tertiary alicyclic amines) is 1. The average molecular weight is 236 g/mol. The van der Waals surface area contributed by atoms with Crippen molar-refractivity contribution in [2.75, 3.05) is 20.1 Å². The Hall–Kier alpha value is -1.26. The van der Waals surface area contributed by atoms with Crippen LogP contribution in [0.1, 0.15) is 18.4 Å². The monoisotopic (exact) mass is 236 g/mol. The Labute approximate surface area is 102 Å². The van der Waals surface area contributed by atoms with Gasteiger partial charge in [-0.15, -0.1) is 0 Å². The van der Waals surface area contributed by atoms with Crippen LogP contribution in [0.15, 0.2) is 18.2 Å². The summed E-state index contributed by atoms with van der Waals surface area (Å²) in [5, 5.41) is 22.0. The fraction of sp³-hybridized carbons (Fsp3) is 0.538. The predicted molar refractivity (Wildman–Crippen MR) is 67.1 cm³/mol. The van der Waals surface area contributed by atoms with Crippen molar-refractivity contribution in [2.24, 2.45) is 0 Å². The Balaban J connectivity index is 1.79. The highest BCUT2D eigenvalue weighted by Gasteiger charge is 2.19. The van der Waals surface area contributed by atoms with Gasteiger partial charge in [-0.1, -0.05) is 6.07 Å². The van der Waals surface area contributed by atoms with E-state index in [4.69, 9.17) is 0 Å². The van der Waals surface area contributed by atoms with Gasteiger partial charge in [0.15, 0.2) is 11.5 Å². The second-order valence-corrected chi connectivity index (χ2v) is 4.73. The van der Waals surface area contributed by atoms with E-state index in [2.05, 4.69) is 17.3 Å². The molecule has 3 N–H and O–H groups in total. The molecular weight excluding hydrogens is 216 g/mol. The third-order valence-corrected chi connectivity index (χ3v) is 3.42. The van der Waals surface area contributed by atoms with Gasteiger partial charge in [0.2, 0.25) is 0 Å². The number of likely N-dealkylation sites (N-methyl/N-ethyl adjacent to an activating group) is 1. The molecule has 0 spiro atoms. The van der Waals surface area contributed by atoms with Crippen LogP contribution in [0.3, 0.4) is 0 Å². The van der Waals surface area contributed by atoms with E-state index < -0.39 is 0 Å². The zero-order chi connectivity index (χ0) is 12.3. The number of aromatic hydroxyl groups is 2. The fourth-order valence-electron chi connectivity index (χ4n) is 2.30. The van der Waals surface area contributed by atoms with Gasteiger partial charge >= 0.3 is 0 Å². The van der Waals surface area contributed by atoms with Gasteiger partial charge in [0, 0.05) is 19.1 Å². The minimum absolute atomic E-state index is 0.0534. The maximum atomic E-state index is 9.37. The molecular formula is C13H20N2O2. The normalized spacial score (nSPS) is 20.9. The SMILES string of the molecule is CN1CCCC1CNCc1ccc(O)c(O)c1. The first-order chi connectivity index (χ1) is 8.16. The summed E-state index contributed by atoms with van der Waals surface area (Å²) in [7, 11) is 2.16. The Bertz CT molecular complexity index is 382. The molecule has 0 amide bonds. The Morgan fingerprint density at radius 3 is 2.82 bits per heavy atom. The summed E-state index contributed by atoms with van der Waals surface area (Å²) >= 11 is 0. The molecule has 1 saturated heterocycles. The molecule has 1 aromatic carbocycles. The van der Waals surface area contributed by atoms with Crippen LogP contribution in [0.5, 0.6) is 11.5 Å². The fourth-order valence-corrected chi connectivity index (χ4v) is 2.30. The van der Waals surface area contributed by atoms with E-state index in [0.717, 1.165) is 18.7 Å². The van der Waals surface area contributed by atoms with Gasteiger partial charge in [-0.2, -0.15) is 0 Å². The number of benzene rings is 1. The highest BCUT2D eigenvalue weighted by molar-refractivity contribution is 5.40. The van der Waals surface area contributed by atoms with E-state index in [9.17, 15) is 10.2 Å². The summed E-state index contributed by atoms with van der Waals surface area (Å²) in [6.07, 6.45) is 2.53. The molecule has 94 valence electrons. The standard InChI is InChI=1S/C13H20N2O2/c1-15-6-2-3-11(15)9-14-8-10-4-5-12(16)13(17)7-10/h4-5,7,11,14,16-17H,2-3,6,8-9H2,1H3. The molecule has 4 heteroatoms. The number of phenolic OH excluding ortho intramolecular Hbond substituents is 2. The Morgan fingerprint density at radius 2 is 2.18 bits per heavy atom. The summed E-state index contributed by atoms with van der Waals surface area (Å²) in [6.45, 7) is 2.88. The van der Waals surface area contributed by atoms with E-state index in [1.807, 2.05) is 6.07 Å². The number of hydrogen-bond acceptors (Lipinski definition) is 4. The van der Waals surface area contributed by atoms with Gasteiger partial charge < -0.3 is 20.4 Å². The molecule has 1 aromatic rings. The van der Waals surface area contributed by atoms with E-state index in [1.54, 1.807) is 6.07 Å². The second kappa shape index (κ2) is 5.38. The van der Waals surface area contributed by atoms with Crippen LogP contribution >= 0.6 is 0 Å². The number of nitrogens with one attached hydrogen (secondary N) is 1. The smallest absolute Gasteiger partial charge is 0.157 e. The number of hydrogen-bond donors (Lipinski definition) is 3. The molecule has 1 aliphatic heterocycles. The van der Waals surface area contributed by atoms with Crippen molar-refractivity contribution in [2.45, 2.75) is 25.4 Å². The first-order valence-corrected chi connectivity index (χ1v) is 6.08. The van der Waals surface area contributed by atoms with Crippen LogP contribution in [0.2, 0.25) is 0 Å². The molecule has 0 aliphatic carbocycles. The van der Waals surface area contributed by atoms with Gasteiger partial charge in [0.25, 0.3) is 0 Å². The zero-order valence-electron chi connectivity index (χ0n) is 10.2. The second-order valence-electron chi connectivity index (χ2n) is 4.73. The molecule has 0 aromatic heterocycles. The molecule has 17 heavy (non-hydrogen) atoms. The molecule has 1 atom stereocenters. The number of phenols is 2. The zero-order valence-corrected chi connectivity index (χ0v) is 10.2. The van der Waals surface area contributed by atoms with Crippen LogP contribution in [0.4, 0.5) is 0 Å². The maximum Gasteiger partial charge on any atom is 0.157 e. The molecule has 2 rings (SSSR count). The lowest BCUT2D eigenvalue weighted by Crippen LogP contribution is -2.35. The van der Waals surface area contributed by atoms with Crippen LogP contribution in [-0.2, 0) is 6.54 Å². The first kappa shape index (κ1) is 12.2. The lowest BCUT2D eigenvalue weighted by Gasteiger charge is -2.19. The van der Waals surface area contributed by atoms with E-state index in [0.29, 0.717) is 6.04 Å². The highest BCUT2D eigenvalue weighted by Crippen LogP contribution is 2.24. The highest BCUT2D eigenvalue weighted by atomic mass is 16.3. The van der Waals surface area contributed by atoms with Gasteiger partial charge in [-0.3, -0.25) is 0 Å². The van der Waals surface area contributed by atoms with Crippen LogP contribution < -0.4 is 5.32 Å². The topological polar surface area (TPSA) is 55.7 Å². The van der Waals surface area contributed by atoms with Gasteiger partial charge in [0.1, 0.15) is 0 Å². The van der Waals surface area contributed by atoms with Crippen molar-refractivity contribution in [1.82, 2.24) is 10.2 Å². The molecule has 1 unspecified atom stereocenters. The van der Waals surface area contributed by atoms with E-state index in [-0.39, 0.29) is 11.5 Å².